The summed E-state index contributed by atoms with van der Waals surface area (Å²) in [4.78, 5) is 11.8. The lowest BCUT2D eigenvalue weighted by molar-refractivity contribution is -0.145. The highest BCUT2D eigenvalue weighted by Gasteiger charge is 2.03. The monoisotopic (exact) mass is 841 g/mol. The van der Waals surface area contributed by atoms with Crippen LogP contribution in [0, 0.1) is 0 Å². The molecule has 14 heteroatoms. The van der Waals surface area contributed by atoms with Crippen LogP contribution in [0.25, 0.3) is 0 Å². The Bertz CT molecular complexity index is 751. The fraction of sp³-hybridized carbons (Fsp3) is 0.977. The number of carbonyl (C=O) groups excluding carboxylic acids is 1. The van der Waals surface area contributed by atoms with Crippen molar-refractivity contribution in [2.24, 2.45) is 0 Å². The molecule has 14 nitrogen and oxygen atoms in total. The van der Waals surface area contributed by atoms with E-state index in [1.165, 1.54) is 77.0 Å². The maximum absolute atomic E-state index is 11.8. The molecule has 0 aromatic carbocycles. The summed E-state index contributed by atoms with van der Waals surface area (Å²) in [6.07, 6.45) is 19.3. The van der Waals surface area contributed by atoms with Gasteiger partial charge in [-0.3, -0.25) is 4.79 Å². The largest absolute Gasteiger partial charge is 0.463 e. The molecular formula is C44H88O14. The second-order valence-corrected chi connectivity index (χ2v) is 13.9. The van der Waals surface area contributed by atoms with Crippen LogP contribution in [0.5, 0.6) is 0 Å². The van der Waals surface area contributed by atoms with Crippen LogP contribution >= 0.6 is 0 Å². The van der Waals surface area contributed by atoms with Gasteiger partial charge in [-0.1, -0.05) is 97.3 Å². The van der Waals surface area contributed by atoms with E-state index in [0.29, 0.717) is 158 Å². The average Bonchev–Trinajstić information content (AvgIpc) is 3.23. The van der Waals surface area contributed by atoms with Crippen LogP contribution in [0.2, 0.25) is 0 Å². The van der Waals surface area contributed by atoms with Crippen molar-refractivity contribution in [2.75, 3.05) is 165 Å². The SMILES string of the molecule is CCCCCCCCCCCC(=O)OCCOCCOCCOCCOCCOCCOCCOCCOCCOCCOCCOCCOCCCCCCCC. The molecule has 0 unspecified atom stereocenters. The van der Waals surface area contributed by atoms with Gasteiger partial charge in [0, 0.05) is 13.0 Å². The van der Waals surface area contributed by atoms with Crippen LogP contribution in [-0.4, -0.2) is 171 Å². The van der Waals surface area contributed by atoms with Crippen molar-refractivity contribution in [1.82, 2.24) is 0 Å². The second-order valence-electron chi connectivity index (χ2n) is 13.9. The van der Waals surface area contributed by atoms with Gasteiger partial charge in [0.15, 0.2) is 0 Å². The first-order chi connectivity index (χ1) is 28.8. The topological polar surface area (TPSA) is 137 Å². The van der Waals surface area contributed by atoms with Gasteiger partial charge in [0.2, 0.25) is 0 Å². The summed E-state index contributed by atoms with van der Waals surface area (Å²) in [5.41, 5.74) is 0. The predicted octanol–water partition coefficient (Wildman–Crippen LogP) is 7.01. The minimum absolute atomic E-state index is 0.136. The molecule has 0 bridgehead atoms. The maximum Gasteiger partial charge on any atom is 0.305 e. The summed E-state index contributed by atoms with van der Waals surface area (Å²) in [6, 6.07) is 0. The van der Waals surface area contributed by atoms with Crippen molar-refractivity contribution < 1.29 is 66.4 Å². The van der Waals surface area contributed by atoms with Crippen molar-refractivity contribution >= 4 is 5.97 Å². The Labute approximate surface area is 353 Å². The highest BCUT2D eigenvalue weighted by atomic mass is 16.6. The minimum atomic E-state index is -0.136. The normalized spacial score (nSPS) is 11.6. The molecule has 0 heterocycles. The molecule has 0 aromatic heterocycles. The van der Waals surface area contributed by atoms with Gasteiger partial charge >= 0.3 is 5.97 Å². The van der Waals surface area contributed by atoms with Gasteiger partial charge in [0.05, 0.1) is 152 Å². The summed E-state index contributed by atoms with van der Waals surface area (Å²) in [5.74, 6) is -0.136. The Hall–Kier alpha value is -1.01. The number of rotatable bonds is 53. The van der Waals surface area contributed by atoms with E-state index in [9.17, 15) is 4.79 Å². The molecule has 0 aromatic rings. The highest BCUT2D eigenvalue weighted by molar-refractivity contribution is 5.69. The van der Waals surface area contributed by atoms with Gasteiger partial charge in [-0.25, -0.2) is 0 Å². The van der Waals surface area contributed by atoms with Crippen LogP contribution in [0.4, 0.5) is 0 Å². The Balaban J connectivity index is 3.10. The fourth-order valence-corrected chi connectivity index (χ4v) is 5.37. The number of esters is 1. The maximum atomic E-state index is 11.8. The average molecular weight is 841 g/mol. The molecule has 0 atom stereocenters. The van der Waals surface area contributed by atoms with Crippen LogP contribution in [0.3, 0.4) is 0 Å². The molecule has 0 N–H and O–H groups in total. The summed E-state index contributed by atoms with van der Waals surface area (Å²) in [7, 11) is 0. The van der Waals surface area contributed by atoms with E-state index in [4.69, 9.17) is 61.6 Å². The van der Waals surface area contributed by atoms with E-state index >= 15 is 0 Å². The first kappa shape index (κ1) is 57.0. The first-order valence-electron chi connectivity index (χ1n) is 22.9. The quantitative estimate of drug-likeness (QED) is 0.0459. The van der Waals surface area contributed by atoms with Gasteiger partial charge in [0.25, 0.3) is 0 Å². The molecule has 58 heavy (non-hydrogen) atoms. The number of hydrogen-bond donors (Lipinski definition) is 0. The smallest absolute Gasteiger partial charge is 0.305 e. The molecular weight excluding hydrogens is 752 g/mol. The Morgan fingerprint density at radius 3 is 0.724 bits per heavy atom. The highest BCUT2D eigenvalue weighted by Crippen LogP contribution is 2.11. The van der Waals surface area contributed by atoms with Gasteiger partial charge in [-0.05, 0) is 12.8 Å². The zero-order valence-electron chi connectivity index (χ0n) is 37.2. The third kappa shape index (κ3) is 53.0. The van der Waals surface area contributed by atoms with E-state index in [0.717, 1.165) is 25.9 Å². The third-order valence-electron chi connectivity index (χ3n) is 8.71. The first-order valence-corrected chi connectivity index (χ1v) is 22.9. The predicted molar refractivity (Wildman–Crippen MR) is 226 cm³/mol. The van der Waals surface area contributed by atoms with E-state index in [1.807, 2.05) is 0 Å². The lowest BCUT2D eigenvalue weighted by atomic mass is 10.1. The molecule has 0 aliphatic heterocycles. The van der Waals surface area contributed by atoms with Crippen LogP contribution in [-0.2, 0) is 66.4 Å². The Kier molecular flexibility index (Phi) is 53.1. The number of hydrogen-bond acceptors (Lipinski definition) is 14. The van der Waals surface area contributed by atoms with Crippen molar-refractivity contribution in [3.8, 4) is 0 Å². The molecule has 0 radical (unpaired) electrons. The second kappa shape index (κ2) is 54.0. The summed E-state index contributed by atoms with van der Waals surface area (Å²) in [6.45, 7) is 17.4. The molecule has 0 aliphatic rings. The molecule has 0 amide bonds. The van der Waals surface area contributed by atoms with E-state index in [-0.39, 0.29) is 12.6 Å². The summed E-state index contributed by atoms with van der Waals surface area (Å²) < 4.78 is 71.4. The lowest BCUT2D eigenvalue weighted by Crippen LogP contribution is -2.15. The zero-order valence-corrected chi connectivity index (χ0v) is 37.2. The van der Waals surface area contributed by atoms with Crippen molar-refractivity contribution in [3.05, 3.63) is 0 Å². The van der Waals surface area contributed by atoms with Gasteiger partial charge < -0.3 is 61.6 Å². The molecule has 0 rings (SSSR count). The third-order valence-corrected chi connectivity index (χ3v) is 8.71. The van der Waals surface area contributed by atoms with Crippen LogP contribution in [0.1, 0.15) is 117 Å². The van der Waals surface area contributed by atoms with E-state index < -0.39 is 0 Å². The van der Waals surface area contributed by atoms with Crippen molar-refractivity contribution in [1.29, 1.82) is 0 Å². The Morgan fingerprint density at radius 1 is 0.241 bits per heavy atom. The van der Waals surface area contributed by atoms with Crippen molar-refractivity contribution in [2.45, 2.75) is 117 Å². The lowest BCUT2D eigenvalue weighted by Gasteiger charge is -2.09. The number of unbranched alkanes of at least 4 members (excludes halogenated alkanes) is 13. The molecule has 0 spiro atoms. The number of ether oxygens (including phenoxy) is 13. The van der Waals surface area contributed by atoms with Gasteiger partial charge in [0.1, 0.15) is 6.61 Å². The van der Waals surface area contributed by atoms with Crippen molar-refractivity contribution in [3.63, 3.8) is 0 Å². The van der Waals surface area contributed by atoms with E-state index in [2.05, 4.69) is 13.8 Å². The molecule has 348 valence electrons. The van der Waals surface area contributed by atoms with Gasteiger partial charge in [-0.2, -0.15) is 0 Å². The zero-order chi connectivity index (χ0) is 41.8. The fourth-order valence-electron chi connectivity index (χ4n) is 5.37. The summed E-state index contributed by atoms with van der Waals surface area (Å²) in [5, 5.41) is 0. The van der Waals surface area contributed by atoms with Crippen LogP contribution in [0.15, 0.2) is 0 Å². The molecule has 0 aliphatic carbocycles. The molecule has 0 saturated carbocycles. The molecule has 0 fully saturated rings. The standard InChI is InChI=1S/C44H88O14/c1-3-5-7-9-11-12-13-14-16-18-44(45)58-43-42-57-41-40-56-39-38-55-37-36-54-35-34-53-33-32-52-31-30-51-29-28-50-27-26-49-25-24-48-23-22-47-21-20-46-19-17-15-10-8-6-4-2/h3-43H2,1-2H3. The Morgan fingerprint density at radius 2 is 0.448 bits per heavy atom. The van der Waals surface area contributed by atoms with Crippen LogP contribution < -0.4 is 0 Å². The molecule has 0 saturated heterocycles. The minimum Gasteiger partial charge on any atom is -0.463 e. The van der Waals surface area contributed by atoms with Gasteiger partial charge in [-0.15, -0.1) is 0 Å². The number of carbonyl (C=O) groups is 1. The van der Waals surface area contributed by atoms with E-state index in [1.54, 1.807) is 0 Å². The summed E-state index contributed by atoms with van der Waals surface area (Å²) >= 11 is 0.